The van der Waals surface area contributed by atoms with Crippen molar-refractivity contribution < 1.29 is 0 Å². The Bertz CT molecular complexity index is 1150. The molecule has 0 saturated carbocycles. The number of hydrogen-bond acceptors (Lipinski definition) is 4. The Morgan fingerprint density at radius 2 is 1.74 bits per heavy atom. The summed E-state index contributed by atoms with van der Waals surface area (Å²) in [4.78, 5) is 24.0. The molecule has 35 heavy (non-hydrogen) atoms. The first-order chi connectivity index (χ1) is 17.4. The minimum absolute atomic E-state index is 0.0664. The molecule has 6 heteroatoms. The van der Waals surface area contributed by atoms with Crippen molar-refractivity contribution in [1.29, 1.82) is 0 Å². The summed E-state index contributed by atoms with van der Waals surface area (Å²) in [5.74, 6) is 1.63. The van der Waals surface area contributed by atoms with E-state index in [1.54, 1.807) is 6.33 Å². The van der Waals surface area contributed by atoms with Gasteiger partial charge in [0, 0.05) is 36.6 Å². The van der Waals surface area contributed by atoms with Gasteiger partial charge in [-0.3, -0.25) is 9.88 Å². The highest BCUT2D eigenvalue weighted by Gasteiger charge is 2.44. The van der Waals surface area contributed by atoms with E-state index in [1.165, 1.54) is 11.3 Å². The Kier molecular flexibility index (Phi) is 6.28. The van der Waals surface area contributed by atoms with Crippen LogP contribution in [0.2, 0.25) is 0 Å². The highest BCUT2D eigenvalue weighted by Crippen LogP contribution is 2.49. The summed E-state index contributed by atoms with van der Waals surface area (Å²) in [6.07, 6.45) is 32.8. The predicted octanol–water partition coefficient (Wildman–Crippen LogP) is 5.95. The third-order valence-corrected chi connectivity index (χ3v) is 7.64. The van der Waals surface area contributed by atoms with Gasteiger partial charge in [-0.05, 0) is 43.7 Å². The van der Waals surface area contributed by atoms with Gasteiger partial charge in [0.1, 0.15) is 5.82 Å². The second-order valence-corrected chi connectivity index (χ2v) is 9.70. The van der Waals surface area contributed by atoms with Crippen LogP contribution in [0.4, 0.5) is 0 Å². The number of aromatic nitrogens is 5. The molecule has 178 valence electrons. The minimum atomic E-state index is 0.0664. The van der Waals surface area contributed by atoms with E-state index in [0.29, 0.717) is 11.8 Å². The van der Waals surface area contributed by atoms with Crippen LogP contribution in [0.5, 0.6) is 0 Å². The number of imidazole rings is 2. The molecule has 5 atom stereocenters. The molecule has 0 aromatic carbocycles. The van der Waals surface area contributed by atoms with Gasteiger partial charge in [0.05, 0.1) is 35.8 Å². The molecule has 0 aliphatic heterocycles. The third-order valence-electron chi connectivity index (χ3n) is 7.64. The van der Waals surface area contributed by atoms with Crippen LogP contribution >= 0.6 is 0 Å². The molecule has 3 heterocycles. The lowest BCUT2D eigenvalue weighted by atomic mass is 9.80. The molecular formula is C29H32N6. The van der Waals surface area contributed by atoms with Gasteiger partial charge in [-0.25, -0.2) is 9.97 Å². The van der Waals surface area contributed by atoms with Gasteiger partial charge in [-0.1, -0.05) is 54.7 Å². The average molecular weight is 465 g/mol. The zero-order chi connectivity index (χ0) is 23.5. The molecule has 3 aliphatic carbocycles. The molecule has 2 N–H and O–H groups in total. The summed E-state index contributed by atoms with van der Waals surface area (Å²) in [5.41, 5.74) is 3.73. The predicted molar refractivity (Wildman–Crippen MR) is 137 cm³/mol. The summed E-state index contributed by atoms with van der Waals surface area (Å²) in [7, 11) is 0. The molecule has 0 saturated heterocycles. The zero-order valence-electron chi connectivity index (χ0n) is 19.9. The second kappa shape index (κ2) is 10.0. The van der Waals surface area contributed by atoms with Crippen molar-refractivity contribution in [2.24, 2.45) is 11.8 Å². The number of fused-ring (bicyclic) bond motifs is 1. The van der Waals surface area contributed by atoms with Crippen molar-refractivity contribution in [2.45, 2.75) is 50.2 Å². The van der Waals surface area contributed by atoms with E-state index in [1.807, 2.05) is 24.8 Å². The Morgan fingerprint density at radius 3 is 2.43 bits per heavy atom. The Balaban J connectivity index is 1.54. The lowest BCUT2D eigenvalue weighted by Crippen LogP contribution is -2.44. The van der Waals surface area contributed by atoms with Crippen molar-refractivity contribution in [3.05, 3.63) is 115 Å². The Hall–Kier alpha value is -3.51. The number of nitrogens with one attached hydrogen (secondary N) is 2. The molecule has 0 amide bonds. The van der Waals surface area contributed by atoms with Gasteiger partial charge in [-0.2, -0.15) is 0 Å². The number of rotatable bonds is 7. The van der Waals surface area contributed by atoms with Crippen LogP contribution in [-0.4, -0.2) is 29.8 Å². The number of hydrogen-bond donors (Lipinski definition) is 2. The fraction of sp³-hybridized carbons (Fsp3) is 0.345. The van der Waals surface area contributed by atoms with Crippen LogP contribution in [0.25, 0.3) is 0 Å². The van der Waals surface area contributed by atoms with Crippen LogP contribution in [-0.2, 0) is 6.42 Å². The maximum absolute atomic E-state index is 4.98. The summed E-state index contributed by atoms with van der Waals surface area (Å²) in [6, 6.07) is 4.68. The van der Waals surface area contributed by atoms with E-state index in [-0.39, 0.29) is 18.1 Å². The van der Waals surface area contributed by atoms with Crippen molar-refractivity contribution in [2.75, 3.05) is 0 Å². The number of allylic oxidation sites excluding steroid dienone is 6. The van der Waals surface area contributed by atoms with Crippen LogP contribution in [0.3, 0.4) is 0 Å². The highest BCUT2D eigenvalue weighted by atomic mass is 15.3. The maximum atomic E-state index is 4.98. The molecule has 3 aromatic rings. The van der Waals surface area contributed by atoms with E-state index >= 15 is 0 Å². The Morgan fingerprint density at radius 1 is 0.914 bits per heavy atom. The molecule has 3 aromatic heterocycles. The lowest BCUT2D eigenvalue weighted by Gasteiger charge is -2.48. The molecule has 6 rings (SSSR count). The average Bonchev–Trinajstić information content (AvgIpc) is 3.65. The van der Waals surface area contributed by atoms with Crippen molar-refractivity contribution >= 4 is 0 Å². The number of H-pyrrole nitrogens is 2. The van der Waals surface area contributed by atoms with Gasteiger partial charge < -0.3 is 9.97 Å². The van der Waals surface area contributed by atoms with Gasteiger partial charge >= 0.3 is 0 Å². The molecule has 0 fully saturated rings. The molecular weight excluding hydrogens is 432 g/mol. The standard InChI is InChI=1S/C29H32N6/c1-3-9-22(10-4-1)27(24-19-30-20-34-24)35(25-15-7-13-21-14-8-16-31-26(21)25)28(29-32-17-18-33-29)23-11-5-2-6-12-23/h1-6,8-9,11,14,16-20,22-23,25,27-28H,7,10,12-13,15H2,(H,30,34)(H,32,33). The first-order valence-corrected chi connectivity index (χ1v) is 12.8. The fourth-order valence-electron chi connectivity index (χ4n) is 6.15. The molecule has 6 nitrogen and oxygen atoms in total. The van der Waals surface area contributed by atoms with Crippen LogP contribution in [0.1, 0.15) is 66.6 Å². The van der Waals surface area contributed by atoms with Crippen LogP contribution < -0.4 is 0 Å². The first-order valence-electron chi connectivity index (χ1n) is 12.8. The smallest absolute Gasteiger partial charge is 0.124 e. The maximum Gasteiger partial charge on any atom is 0.124 e. The van der Waals surface area contributed by atoms with Crippen molar-refractivity contribution in [3.63, 3.8) is 0 Å². The molecule has 0 spiro atoms. The van der Waals surface area contributed by atoms with Crippen LogP contribution in [0, 0.1) is 11.8 Å². The molecule has 0 radical (unpaired) electrons. The highest BCUT2D eigenvalue weighted by molar-refractivity contribution is 5.29. The van der Waals surface area contributed by atoms with E-state index in [9.17, 15) is 0 Å². The molecule has 3 aliphatic rings. The van der Waals surface area contributed by atoms with Gasteiger partial charge in [0.25, 0.3) is 0 Å². The zero-order valence-corrected chi connectivity index (χ0v) is 19.9. The van der Waals surface area contributed by atoms with Crippen molar-refractivity contribution in [3.8, 4) is 0 Å². The minimum Gasteiger partial charge on any atom is -0.347 e. The quantitative estimate of drug-likeness (QED) is 0.453. The monoisotopic (exact) mass is 464 g/mol. The number of aromatic amines is 2. The normalized spacial score (nSPS) is 25.0. The van der Waals surface area contributed by atoms with Gasteiger partial charge in [0.15, 0.2) is 0 Å². The van der Waals surface area contributed by atoms with Crippen LogP contribution in [0.15, 0.2) is 91.9 Å². The third kappa shape index (κ3) is 4.34. The second-order valence-electron chi connectivity index (χ2n) is 9.70. The van der Waals surface area contributed by atoms with E-state index in [0.717, 1.165) is 43.6 Å². The lowest BCUT2D eigenvalue weighted by molar-refractivity contribution is 0.0166. The van der Waals surface area contributed by atoms with E-state index < -0.39 is 0 Å². The SMILES string of the molecule is C1=CCC(C(c2cnc[nH]2)N(C2CCCc3cccnc32)C(c2ncc[nH]2)C2C=CC=CC2)C=C1. The number of aryl methyl sites for hydroxylation is 1. The van der Waals surface area contributed by atoms with Gasteiger partial charge in [-0.15, -0.1) is 0 Å². The summed E-state index contributed by atoms with van der Waals surface area (Å²) in [6.45, 7) is 0. The summed E-state index contributed by atoms with van der Waals surface area (Å²) >= 11 is 0. The first kappa shape index (κ1) is 22.0. The van der Waals surface area contributed by atoms with Crippen molar-refractivity contribution in [1.82, 2.24) is 29.8 Å². The number of nitrogens with zero attached hydrogens (tertiary/aromatic N) is 4. The molecule has 5 unspecified atom stereocenters. The Labute approximate surface area is 206 Å². The van der Waals surface area contributed by atoms with E-state index in [4.69, 9.17) is 9.97 Å². The summed E-state index contributed by atoms with van der Waals surface area (Å²) < 4.78 is 0. The summed E-state index contributed by atoms with van der Waals surface area (Å²) in [5, 5.41) is 0. The van der Waals surface area contributed by atoms with E-state index in [2.05, 4.69) is 80.6 Å². The largest absolute Gasteiger partial charge is 0.347 e. The number of pyridine rings is 1. The fourth-order valence-corrected chi connectivity index (χ4v) is 6.15. The topological polar surface area (TPSA) is 73.5 Å². The van der Waals surface area contributed by atoms with Gasteiger partial charge in [0.2, 0.25) is 0 Å². The molecule has 0 bridgehead atoms.